The van der Waals surface area contributed by atoms with Gasteiger partial charge in [-0.15, -0.1) is 0 Å². The van der Waals surface area contributed by atoms with Crippen LogP contribution in [-0.4, -0.2) is 9.97 Å². The van der Waals surface area contributed by atoms with Crippen LogP contribution >= 0.6 is 11.6 Å². The molecule has 0 saturated carbocycles. The fourth-order valence-corrected chi connectivity index (χ4v) is 2.23. The van der Waals surface area contributed by atoms with Crippen LogP contribution in [0.25, 0.3) is 22.5 Å². The number of benzene rings is 2. The van der Waals surface area contributed by atoms with Gasteiger partial charge in [-0.3, -0.25) is 0 Å². The number of halogens is 2. The average Bonchev–Trinajstić information content (AvgIpc) is 2.55. The Morgan fingerprint density at radius 1 is 0.864 bits per heavy atom. The number of hydrogen-bond donors (Lipinski definition) is 0. The number of nitrogens with zero attached hydrogens (tertiary/aromatic N) is 3. The van der Waals surface area contributed by atoms with Crippen LogP contribution in [0.5, 0.6) is 0 Å². The lowest BCUT2D eigenvalue weighted by Crippen LogP contribution is -1.92. The van der Waals surface area contributed by atoms with Crippen molar-refractivity contribution in [3.63, 3.8) is 0 Å². The standard InChI is InChI=1S/C17H9ClFN3/c18-17-21-15(12-3-1-11(10-20)2-4-12)9-16(22-17)13-5-7-14(19)8-6-13/h1-9H. The van der Waals surface area contributed by atoms with E-state index in [1.165, 1.54) is 12.1 Å². The van der Waals surface area contributed by atoms with Crippen molar-refractivity contribution in [2.75, 3.05) is 0 Å². The minimum atomic E-state index is -0.309. The van der Waals surface area contributed by atoms with Crippen molar-refractivity contribution >= 4 is 11.6 Å². The Kier molecular flexibility index (Phi) is 3.82. The van der Waals surface area contributed by atoms with E-state index < -0.39 is 0 Å². The molecule has 0 N–H and O–H groups in total. The highest BCUT2D eigenvalue weighted by molar-refractivity contribution is 6.28. The number of nitriles is 1. The Labute approximate surface area is 131 Å². The van der Waals surface area contributed by atoms with Crippen LogP contribution in [0.15, 0.2) is 54.6 Å². The summed E-state index contributed by atoms with van der Waals surface area (Å²) >= 11 is 5.99. The molecule has 0 aliphatic heterocycles. The van der Waals surface area contributed by atoms with E-state index in [0.29, 0.717) is 17.0 Å². The van der Waals surface area contributed by atoms with Gasteiger partial charge in [-0.2, -0.15) is 5.26 Å². The van der Waals surface area contributed by atoms with E-state index in [2.05, 4.69) is 16.0 Å². The minimum absolute atomic E-state index is 0.112. The van der Waals surface area contributed by atoms with Crippen molar-refractivity contribution in [2.45, 2.75) is 0 Å². The Morgan fingerprint density at radius 3 is 1.86 bits per heavy atom. The molecule has 1 aromatic heterocycles. The molecule has 0 atom stereocenters. The third-order valence-corrected chi connectivity index (χ3v) is 3.32. The van der Waals surface area contributed by atoms with Crippen molar-refractivity contribution in [2.24, 2.45) is 0 Å². The molecule has 0 aliphatic carbocycles. The lowest BCUT2D eigenvalue weighted by molar-refractivity contribution is 0.628. The SMILES string of the molecule is N#Cc1ccc(-c2cc(-c3ccc(F)cc3)nc(Cl)n2)cc1. The maximum Gasteiger partial charge on any atom is 0.223 e. The summed E-state index contributed by atoms with van der Waals surface area (Å²) in [4.78, 5) is 8.37. The first-order valence-electron chi connectivity index (χ1n) is 6.47. The molecule has 2 aromatic carbocycles. The predicted octanol–water partition coefficient (Wildman–Crippen LogP) is 4.47. The first kappa shape index (κ1) is 14.2. The molecule has 0 radical (unpaired) electrons. The van der Waals surface area contributed by atoms with Crippen molar-refractivity contribution in [3.05, 3.63) is 71.3 Å². The molecule has 0 bridgehead atoms. The zero-order valence-corrected chi connectivity index (χ0v) is 12.0. The van der Waals surface area contributed by atoms with Crippen LogP contribution < -0.4 is 0 Å². The summed E-state index contributed by atoms with van der Waals surface area (Å²) in [6.45, 7) is 0. The summed E-state index contributed by atoms with van der Waals surface area (Å²) in [6.07, 6.45) is 0. The second-order valence-corrected chi connectivity index (χ2v) is 4.94. The summed E-state index contributed by atoms with van der Waals surface area (Å²) in [7, 11) is 0. The molecule has 0 saturated heterocycles. The Bertz CT molecular complexity index is 853. The van der Waals surface area contributed by atoms with E-state index in [4.69, 9.17) is 16.9 Å². The van der Waals surface area contributed by atoms with Crippen molar-refractivity contribution in [1.29, 1.82) is 5.26 Å². The molecular weight excluding hydrogens is 301 g/mol. The van der Waals surface area contributed by atoms with E-state index in [9.17, 15) is 4.39 Å². The fourth-order valence-electron chi connectivity index (χ4n) is 2.05. The molecule has 5 heteroatoms. The highest BCUT2D eigenvalue weighted by Crippen LogP contribution is 2.25. The molecule has 0 aliphatic rings. The largest absolute Gasteiger partial charge is 0.223 e. The normalized spacial score (nSPS) is 10.2. The van der Waals surface area contributed by atoms with Gasteiger partial charge in [0.25, 0.3) is 0 Å². The molecule has 3 nitrogen and oxygen atoms in total. The lowest BCUT2D eigenvalue weighted by atomic mass is 10.1. The maximum atomic E-state index is 13.0. The van der Waals surface area contributed by atoms with E-state index in [1.807, 2.05) is 0 Å². The Morgan fingerprint density at radius 2 is 1.36 bits per heavy atom. The minimum Gasteiger partial charge on any atom is -0.218 e. The third-order valence-electron chi connectivity index (χ3n) is 3.15. The first-order valence-corrected chi connectivity index (χ1v) is 6.84. The predicted molar refractivity (Wildman–Crippen MR) is 82.6 cm³/mol. The number of aromatic nitrogens is 2. The van der Waals surface area contributed by atoms with Gasteiger partial charge in [0, 0.05) is 11.1 Å². The van der Waals surface area contributed by atoms with Crippen molar-refractivity contribution < 1.29 is 4.39 Å². The molecule has 22 heavy (non-hydrogen) atoms. The van der Waals surface area contributed by atoms with Crippen LogP contribution in [0.2, 0.25) is 5.28 Å². The van der Waals surface area contributed by atoms with Crippen LogP contribution in [0.1, 0.15) is 5.56 Å². The van der Waals surface area contributed by atoms with E-state index >= 15 is 0 Å². The van der Waals surface area contributed by atoms with Crippen molar-refractivity contribution in [3.8, 4) is 28.6 Å². The van der Waals surface area contributed by atoms with Gasteiger partial charge < -0.3 is 0 Å². The average molecular weight is 310 g/mol. The molecule has 3 aromatic rings. The second-order valence-electron chi connectivity index (χ2n) is 4.60. The Hall–Kier alpha value is -2.77. The summed E-state index contributed by atoms with van der Waals surface area (Å²) in [5.74, 6) is -0.309. The molecule has 0 amide bonds. The van der Waals surface area contributed by atoms with Gasteiger partial charge in [0.15, 0.2) is 0 Å². The smallest absolute Gasteiger partial charge is 0.218 e. The van der Waals surface area contributed by atoms with Gasteiger partial charge in [-0.05, 0) is 54.1 Å². The lowest BCUT2D eigenvalue weighted by Gasteiger charge is -2.06. The van der Waals surface area contributed by atoms with Crippen LogP contribution in [0.3, 0.4) is 0 Å². The molecule has 1 heterocycles. The van der Waals surface area contributed by atoms with E-state index in [-0.39, 0.29) is 11.1 Å². The molecular formula is C17H9ClFN3. The molecule has 3 rings (SSSR count). The zero-order valence-electron chi connectivity index (χ0n) is 11.3. The van der Waals surface area contributed by atoms with Crippen LogP contribution in [0.4, 0.5) is 4.39 Å². The molecule has 0 unspecified atom stereocenters. The van der Waals surface area contributed by atoms with Gasteiger partial charge >= 0.3 is 0 Å². The van der Waals surface area contributed by atoms with Gasteiger partial charge in [0.05, 0.1) is 23.0 Å². The number of rotatable bonds is 2. The maximum absolute atomic E-state index is 13.0. The van der Waals surface area contributed by atoms with E-state index in [0.717, 1.165) is 11.1 Å². The summed E-state index contributed by atoms with van der Waals surface area (Å²) in [5, 5.41) is 8.94. The van der Waals surface area contributed by atoms with Crippen LogP contribution in [-0.2, 0) is 0 Å². The van der Waals surface area contributed by atoms with Gasteiger partial charge in [0.2, 0.25) is 5.28 Å². The monoisotopic (exact) mass is 309 g/mol. The third kappa shape index (κ3) is 2.95. The quantitative estimate of drug-likeness (QED) is 0.656. The molecule has 0 fully saturated rings. The molecule has 0 spiro atoms. The topological polar surface area (TPSA) is 49.6 Å². The summed E-state index contributed by atoms with van der Waals surface area (Å²) < 4.78 is 13.0. The van der Waals surface area contributed by atoms with Gasteiger partial charge in [-0.25, -0.2) is 14.4 Å². The summed E-state index contributed by atoms with van der Waals surface area (Å²) in [6, 6.07) is 16.9. The van der Waals surface area contributed by atoms with Gasteiger partial charge in [-0.1, -0.05) is 12.1 Å². The van der Waals surface area contributed by atoms with Crippen molar-refractivity contribution in [1.82, 2.24) is 9.97 Å². The number of hydrogen-bond acceptors (Lipinski definition) is 3. The van der Waals surface area contributed by atoms with Gasteiger partial charge in [0.1, 0.15) is 5.82 Å². The van der Waals surface area contributed by atoms with E-state index in [1.54, 1.807) is 42.5 Å². The summed E-state index contributed by atoms with van der Waals surface area (Å²) in [5.41, 5.74) is 3.40. The zero-order chi connectivity index (χ0) is 15.5. The second kappa shape index (κ2) is 5.92. The Balaban J connectivity index is 2.06. The van der Waals surface area contributed by atoms with Crippen LogP contribution in [0, 0.1) is 17.1 Å². The first-order chi connectivity index (χ1) is 10.7. The highest BCUT2D eigenvalue weighted by atomic mass is 35.5. The highest BCUT2D eigenvalue weighted by Gasteiger charge is 2.08. The fraction of sp³-hybridized carbons (Fsp3) is 0. The molecule has 106 valence electrons.